The highest BCUT2D eigenvalue weighted by molar-refractivity contribution is 7.89. The Morgan fingerprint density at radius 2 is 2.06 bits per heavy atom. The summed E-state index contributed by atoms with van der Waals surface area (Å²) in [4.78, 5) is 27.5. The third-order valence-corrected chi connectivity index (χ3v) is 8.89. The summed E-state index contributed by atoms with van der Waals surface area (Å²) in [5, 5.41) is 0.933. The number of aryl methyl sites for hydroxylation is 1. The van der Waals surface area contributed by atoms with Crippen molar-refractivity contribution in [1.29, 1.82) is 0 Å². The number of carbonyl (C=O) groups is 1. The molecule has 0 saturated heterocycles. The Bertz CT molecular complexity index is 1230. The fourth-order valence-electron chi connectivity index (χ4n) is 4.24. The summed E-state index contributed by atoms with van der Waals surface area (Å²) in [6.45, 7) is 9.05. The quantitative estimate of drug-likeness (QED) is 0.696. The number of anilines is 1. The van der Waals surface area contributed by atoms with E-state index in [1.54, 1.807) is 34.6 Å². The summed E-state index contributed by atoms with van der Waals surface area (Å²) in [5.74, 6) is 0.705. The highest BCUT2D eigenvalue weighted by atomic mass is 32.2. The molecular weight excluding hydrogens is 446 g/mol. The molecule has 0 radical (unpaired) electrons. The van der Waals surface area contributed by atoms with Crippen molar-refractivity contribution in [3.8, 4) is 0 Å². The summed E-state index contributed by atoms with van der Waals surface area (Å²) in [7, 11) is -3.71. The van der Waals surface area contributed by atoms with Crippen LogP contribution in [0.25, 0.3) is 0 Å². The van der Waals surface area contributed by atoms with Crippen LogP contribution in [0, 0.1) is 12.8 Å². The number of fused-ring (bicyclic) bond motifs is 3. The van der Waals surface area contributed by atoms with E-state index in [0.717, 1.165) is 28.4 Å². The molecule has 1 aromatic heterocycles. The second-order valence-electron chi connectivity index (χ2n) is 9.40. The van der Waals surface area contributed by atoms with Gasteiger partial charge in [-0.05, 0) is 50.8 Å². The lowest BCUT2D eigenvalue weighted by Crippen LogP contribution is -2.53. The van der Waals surface area contributed by atoms with Crippen LogP contribution < -0.4 is 9.62 Å². The van der Waals surface area contributed by atoms with Crippen LogP contribution in [-0.4, -0.2) is 48.3 Å². The van der Waals surface area contributed by atoms with Crippen LogP contribution >= 0.6 is 11.3 Å². The lowest BCUT2D eigenvalue weighted by molar-refractivity contribution is 0.0833. The first-order valence-corrected chi connectivity index (χ1v) is 13.1. The maximum Gasteiger partial charge on any atom is 0.263 e. The number of aromatic nitrogens is 1. The van der Waals surface area contributed by atoms with Gasteiger partial charge in [-0.3, -0.25) is 14.7 Å². The average Bonchev–Trinajstić information content (AvgIpc) is 3.12. The van der Waals surface area contributed by atoms with Gasteiger partial charge in [0, 0.05) is 16.6 Å². The summed E-state index contributed by atoms with van der Waals surface area (Å²) in [6.07, 6.45) is 3.42. The van der Waals surface area contributed by atoms with Gasteiger partial charge in [0.15, 0.2) is 0 Å². The lowest BCUT2D eigenvalue weighted by atomic mass is 10.00. The maximum atomic E-state index is 13.6. The molecule has 8 nitrogen and oxygen atoms in total. The molecule has 32 heavy (non-hydrogen) atoms. The van der Waals surface area contributed by atoms with Crippen LogP contribution in [0.2, 0.25) is 0 Å². The van der Waals surface area contributed by atoms with Gasteiger partial charge in [0.25, 0.3) is 5.91 Å². The van der Waals surface area contributed by atoms with Crippen molar-refractivity contribution < 1.29 is 13.2 Å². The molecule has 1 atom stereocenters. The van der Waals surface area contributed by atoms with Gasteiger partial charge < -0.3 is 4.90 Å². The molecule has 3 aliphatic rings. The minimum atomic E-state index is -3.71. The Labute approximate surface area is 192 Å². The number of hydrogen-bond donors (Lipinski definition) is 1. The van der Waals surface area contributed by atoms with Crippen LogP contribution in [0.3, 0.4) is 0 Å². The van der Waals surface area contributed by atoms with Crippen LogP contribution in [0.1, 0.15) is 53.9 Å². The molecule has 3 heterocycles. The Kier molecular flexibility index (Phi) is 4.95. The zero-order chi connectivity index (χ0) is 22.8. The number of rotatable bonds is 6. The normalized spacial score (nSPS) is 21.6. The predicted octanol–water partition coefficient (Wildman–Crippen LogP) is 3.14. The molecule has 2 aliphatic heterocycles. The second-order valence-corrected chi connectivity index (χ2v) is 12.4. The van der Waals surface area contributed by atoms with E-state index >= 15 is 0 Å². The molecule has 0 bridgehead atoms. The lowest BCUT2D eigenvalue weighted by Gasteiger charge is -2.39. The molecule has 1 saturated carbocycles. The fraction of sp³-hybridized carbons (Fsp3) is 0.500. The Morgan fingerprint density at radius 1 is 1.31 bits per heavy atom. The molecule has 0 spiro atoms. The second kappa shape index (κ2) is 7.36. The molecule has 5 rings (SSSR count). The third-order valence-electron chi connectivity index (χ3n) is 6.36. The van der Waals surface area contributed by atoms with Crippen LogP contribution in [0.4, 0.5) is 5.69 Å². The zero-order valence-corrected chi connectivity index (χ0v) is 20.3. The highest BCUT2D eigenvalue weighted by Crippen LogP contribution is 2.39. The molecule has 0 unspecified atom stereocenters. The molecule has 1 fully saturated rings. The number of guanidine groups is 1. The largest absolute Gasteiger partial charge is 0.306 e. The van der Waals surface area contributed by atoms with Crippen molar-refractivity contribution in [2.24, 2.45) is 10.9 Å². The van der Waals surface area contributed by atoms with Crippen molar-refractivity contribution in [3.63, 3.8) is 0 Å². The number of hydrogen-bond acceptors (Lipinski definition) is 7. The predicted molar refractivity (Wildman–Crippen MR) is 125 cm³/mol. The Morgan fingerprint density at radius 3 is 2.69 bits per heavy atom. The van der Waals surface area contributed by atoms with Gasteiger partial charge in [-0.2, -0.15) is 0 Å². The molecule has 10 heteroatoms. The first-order valence-electron chi connectivity index (χ1n) is 10.8. The molecule has 1 N–H and O–H groups in total. The third kappa shape index (κ3) is 3.64. The molecule has 1 amide bonds. The Hall–Kier alpha value is -2.30. The number of amides is 1. The van der Waals surface area contributed by atoms with Gasteiger partial charge >= 0.3 is 0 Å². The van der Waals surface area contributed by atoms with E-state index in [0.29, 0.717) is 30.5 Å². The van der Waals surface area contributed by atoms with E-state index in [9.17, 15) is 13.2 Å². The molecule has 170 valence electrons. The van der Waals surface area contributed by atoms with Crippen molar-refractivity contribution in [2.45, 2.75) is 63.6 Å². The molecular formula is C22H27N5O3S2. The zero-order valence-electron chi connectivity index (χ0n) is 18.6. The average molecular weight is 474 g/mol. The van der Waals surface area contributed by atoms with Crippen molar-refractivity contribution >= 4 is 38.9 Å². The number of sulfonamides is 1. The maximum absolute atomic E-state index is 13.6. The van der Waals surface area contributed by atoms with Gasteiger partial charge in [0.1, 0.15) is 0 Å². The van der Waals surface area contributed by atoms with Gasteiger partial charge in [-0.1, -0.05) is 13.8 Å². The van der Waals surface area contributed by atoms with E-state index in [2.05, 4.69) is 28.5 Å². The SMILES string of the molecule is Cc1ncc(CN2C(=O)c3cc(S(=O)(=O)NC4(C)CC4)ccc3N3C2=NC[C@H]3C(C)C)s1. The van der Waals surface area contributed by atoms with E-state index in [-0.39, 0.29) is 22.4 Å². The van der Waals surface area contributed by atoms with Crippen molar-refractivity contribution in [3.05, 3.63) is 39.8 Å². The van der Waals surface area contributed by atoms with Gasteiger partial charge in [0.05, 0.1) is 40.3 Å². The highest BCUT2D eigenvalue weighted by Gasteiger charge is 2.44. The number of thiazole rings is 1. The van der Waals surface area contributed by atoms with E-state index < -0.39 is 10.0 Å². The number of aliphatic imine (C=N–C) groups is 1. The van der Waals surface area contributed by atoms with Crippen LogP contribution in [-0.2, 0) is 16.6 Å². The van der Waals surface area contributed by atoms with Gasteiger partial charge in [-0.15, -0.1) is 11.3 Å². The molecule has 1 aromatic carbocycles. The standard InChI is InChI=1S/C22H27N5O3S2/c1-13(2)19-11-24-21-26(12-15-10-23-14(3)31-15)20(28)17-9-16(5-6-18(17)27(19)21)32(29,30)25-22(4)7-8-22/h5-6,9-10,13,19,25H,7-8,11-12H2,1-4H3/t19-/m0/s1. The van der Waals surface area contributed by atoms with Crippen molar-refractivity contribution in [2.75, 3.05) is 11.4 Å². The topological polar surface area (TPSA) is 95.0 Å². The smallest absolute Gasteiger partial charge is 0.263 e. The molecule has 2 aromatic rings. The minimum absolute atomic E-state index is 0.105. The summed E-state index contributed by atoms with van der Waals surface area (Å²) >= 11 is 1.54. The van der Waals surface area contributed by atoms with Crippen LogP contribution in [0.15, 0.2) is 34.3 Å². The molecule has 1 aliphatic carbocycles. The first-order chi connectivity index (χ1) is 15.1. The fourth-order valence-corrected chi connectivity index (χ4v) is 6.52. The van der Waals surface area contributed by atoms with Gasteiger partial charge in [0.2, 0.25) is 16.0 Å². The monoisotopic (exact) mass is 473 g/mol. The van der Waals surface area contributed by atoms with Crippen LogP contribution in [0.5, 0.6) is 0 Å². The minimum Gasteiger partial charge on any atom is -0.306 e. The number of nitrogens with zero attached hydrogens (tertiary/aromatic N) is 4. The van der Waals surface area contributed by atoms with Crippen molar-refractivity contribution in [1.82, 2.24) is 14.6 Å². The summed E-state index contributed by atoms with van der Waals surface area (Å²) < 4.78 is 28.7. The Balaban J connectivity index is 1.57. The number of carbonyl (C=O) groups excluding carboxylic acids is 1. The van der Waals surface area contributed by atoms with E-state index in [4.69, 9.17) is 4.99 Å². The number of nitrogens with one attached hydrogen (secondary N) is 1. The van der Waals surface area contributed by atoms with E-state index in [1.807, 2.05) is 13.8 Å². The summed E-state index contributed by atoms with van der Waals surface area (Å²) in [5.41, 5.74) is 0.728. The number of benzene rings is 1. The van der Waals surface area contributed by atoms with Gasteiger partial charge in [-0.25, -0.2) is 18.1 Å². The summed E-state index contributed by atoms with van der Waals surface area (Å²) in [6, 6.07) is 4.97. The van der Waals surface area contributed by atoms with E-state index in [1.165, 1.54) is 6.07 Å². The first kappa shape index (κ1) is 21.5.